The lowest BCUT2D eigenvalue weighted by molar-refractivity contribution is 0.0840. The molecule has 0 aliphatic carbocycles. The molecule has 0 aromatic carbocycles. The molecule has 1 N–H and O–H groups in total. The summed E-state index contributed by atoms with van der Waals surface area (Å²) in [7, 11) is -2.98. The van der Waals surface area contributed by atoms with Gasteiger partial charge >= 0.3 is 0 Å². The molecule has 1 saturated heterocycles. The Hall–Kier alpha value is -0.0900. The molecule has 1 aliphatic rings. The summed E-state index contributed by atoms with van der Waals surface area (Å²) in [5.41, 5.74) is -0.988. The van der Waals surface area contributed by atoms with Crippen LogP contribution in [0.1, 0.15) is 20.3 Å². The van der Waals surface area contributed by atoms with Crippen molar-refractivity contribution in [1.82, 2.24) is 0 Å². The Morgan fingerprint density at radius 3 is 2.20 bits per heavy atom. The van der Waals surface area contributed by atoms with E-state index in [1.165, 1.54) is 0 Å². The molecule has 60 valence electrons. The normalized spacial score (nSPS) is 45.7. The molecule has 3 nitrogen and oxygen atoms in total. The van der Waals surface area contributed by atoms with E-state index in [-0.39, 0.29) is 11.0 Å². The number of aliphatic hydroxyl groups is 1. The molecule has 0 spiro atoms. The van der Waals surface area contributed by atoms with Crippen LogP contribution in [0.4, 0.5) is 0 Å². The summed E-state index contributed by atoms with van der Waals surface area (Å²) in [6, 6.07) is 0. The maximum atomic E-state index is 11.0. The van der Waals surface area contributed by atoms with Gasteiger partial charge in [0.1, 0.15) is 0 Å². The third kappa shape index (κ3) is 1.32. The minimum absolute atomic E-state index is 0.0822. The predicted octanol–water partition coefficient (Wildman–Crippen LogP) is -0.0556. The van der Waals surface area contributed by atoms with Gasteiger partial charge in [-0.05, 0) is 20.3 Å². The van der Waals surface area contributed by atoms with E-state index in [2.05, 4.69) is 0 Å². The molecule has 0 unspecified atom stereocenters. The fourth-order valence-electron chi connectivity index (χ4n) is 1.38. The van der Waals surface area contributed by atoms with Crippen molar-refractivity contribution in [3.63, 3.8) is 0 Å². The lowest BCUT2D eigenvalue weighted by Gasteiger charge is -2.11. The summed E-state index contributed by atoms with van der Waals surface area (Å²) < 4.78 is 22.0. The first-order valence-corrected chi connectivity index (χ1v) is 4.99. The van der Waals surface area contributed by atoms with Crippen molar-refractivity contribution in [2.45, 2.75) is 31.1 Å². The number of rotatable bonds is 0. The number of sulfone groups is 1. The van der Waals surface area contributed by atoms with Crippen molar-refractivity contribution in [3.05, 3.63) is 0 Å². The average molecular weight is 164 g/mol. The van der Waals surface area contributed by atoms with Crippen LogP contribution < -0.4 is 0 Å². The van der Waals surface area contributed by atoms with E-state index in [1.807, 2.05) is 0 Å². The van der Waals surface area contributed by atoms with Gasteiger partial charge in [-0.3, -0.25) is 0 Å². The molecule has 0 radical (unpaired) electrons. The summed E-state index contributed by atoms with van der Waals surface area (Å²) in [6.07, 6.45) is 0.370. The molecule has 4 heteroatoms. The Morgan fingerprint density at radius 2 is 2.10 bits per heavy atom. The third-order valence-electron chi connectivity index (χ3n) is 1.85. The van der Waals surface area contributed by atoms with E-state index in [1.54, 1.807) is 13.8 Å². The Morgan fingerprint density at radius 1 is 1.60 bits per heavy atom. The van der Waals surface area contributed by atoms with Crippen LogP contribution >= 0.6 is 0 Å². The molecule has 0 aromatic heterocycles. The molecule has 2 atom stereocenters. The summed E-state index contributed by atoms with van der Waals surface area (Å²) in [5, 5.41) is 8.95. The number of hydrogen-bond acceptors (Lipinski definition) is 3. The monoisotopic (exact) mass is 164 g/mol. The van der Waals surface area contributed by atoms with E-state index >= 15 is 0 Å². The van der Waals surface area contributed by atoms with E-state index < -0.39 is 15.4 Å². The smallest absolute Gasteiger partial charge is 0.155 e. The Kier molecular flexibility index (Phi) is 1.56. The molecule has 0 aromatic rings. The molecule has 1 rings (SSSR count). The molecule has 1 aliphatic heterocycles. The Labute approximate surface area is 61.0 Å². The molecular weight excluding hydrogens is 152 g/mol. The predicted molar refractivity (Wildman–Crippen MR) is 38.5 cm³/mol. The highest BCUT2D eigenvalue weighted by Gasteiger charge is 2.42. The van der Waals surface area contributed by atoms with Crippen molar-refractivity contribution in [2.75, 3.05) is 5.75 Å². The van der Waals surface area contributed by atoms with Gasteiger partial charge in [0.15, 0.2) is 9.84 Å². The van der Waals surface area contributed by atoms with Crippen LogP contribution in [0.25, 0.3) is 0 Å². The van der Waals surface area contributed by atoms with Gasteiger partial charge in [0.2, 0.25) is 0 Å². The van der Waals surface area contributed by atoms with Gasteiger partial charge in [-0.25, -0.2) is 8.42 Å². The second-order valence-electron chi connectivity index (χ2n) is 3.32. The van der Waals surface area contributed by atoms with E-state index in [9.17, 15) is 13.5 Å². The largest absolute Gasteiger partial charge is 0.389 e. The first-order valence-electron chi connectivity index (χ1n) is 3.27. The highest BCUT2D eigenvalue weighted by atomic mass is 32.2. The van der Waals surface area contributed by atoms with Crippen LogP contribution in [0.2, 0.25) is 0 Å². The summed E-state index contributed by atoms with van der Waals surface area (Å²) in [6.45, 7) is 3.20. The quantitative estimate of drug-likeness (QED) is 0.546. The maximum Gasteiger partial charge on any atom is 0.155 e. The summed E-state index contributed by atoms with van der Waals surface area (Å²) >= 11 is 0. The van der Waals surface area contributed by atoms with Gasteiger partial charge in [-0.15, -0.1) is 0 Å². The van der Waals surface area contributed by atoms with E-state index in [4.69, 9.17) is 0 Å². The highest BCUT2D eigenvalue weighted by Crippen LogP contribution is 2.28. The lowest BCUT2D eigenvalue weighted by atomic mass is 10.0. The first kappa shape index (κ1) is 8.01. The van der Waals surface area contributed by atoms with Crippen LogP contribution in [0.3, 0.4) is 0 Å². The second kappa shape index (κ2) is 1.95. The molecule has 1 heterocycles. The zero-order valence-corrected chi connectivity index (χ0v) is 6.98. The van der Waals surface area contributed by atoms with E-state index in [0.29, 0.717) is 6.42 Å². The fraction of sp³-hybridized carbons (Fsp3) is 1.00. The Bertz CT molecular complexity index is 227. The van der Waals surface area contributed by atoms with Crippen LogP contribution in [-0.2, 0) is 9.84 Å². The topological polar surface area (TPSA) is 54.4 Å². The highest BCUT2D eigenvalue weighted by molar-refractivity contribution is 7.92. The molecule has 0 amide bonds. The Balaban J connectivity index is 2.92. The maximum absolute atomic E-state index is 11.0. The van der Waals surface area contributed by atoms with Gasteiger partial charge in [0, 0.05) is 0 Å². The van der Waals surface area contributed by atoms with Crippen molar-refractivity contribution in [3.8, 4) is 0 Å². The summed E-state index contributed by atoms with van der Waals surface area (Å²) in [4.78, 5) is 0. The zero-order valence-electron chi connectivity index (χ0n) is 6.16. The van der Waals surface area contributed by atoms with Crippen LogP contribution in [0.5, 0.6) is 0 Å². The van der Waals surface area contributed by atoms with Crippen LogP contribution in [0, 0.1) is 0 Å². The van der Waals surface area contributed by atoms with Crippen LogP contribution in [-0.4, -0.2) is 30.1 Å². The fourth-order valence-corrected chi connectivity index (χ4v) is 3.26. The van der Waals surface area contributed by atoms with Crippen molar-refractivity contribution in [2.24, 2.45) is 0 Å². The molecule has 10 heavy (non-hydrogen) atoms. The summed E-state index contributed by atoms with van der Waals surface area (Å²) in [5.74, 6) is -0.0822. The average Bonchev–Trinajstić information content (AvgIpc) is 1.73. The first-order chi connectivity index (χ1) is 4.33. The van der Waals surface area contributed by atoms with Gasteiger partial charge in [-0.1, -0.05) is 0 Å². The standard InChI is InChI=1S/C6H12O3S/c1-5-3-6(2,7)4-10(5,8)9/h5,7H,3-4H2,1-2H3/t5-,6-/m1/s1. The molecule has 0 bridgehead atoms. The minimum atomic E-state index is -2.98. The van der Waals surface area contributed by atoms with Crippen molar-refractivity contribution < 1.29 is 13.5 Å². The van der Waals surface area contributed by atoms with Gasteiger partial charge in [0.25, 0.3) is 0 Å². The van der Waals surface area contributed by atoms with Crippen LogP contribution in [0.15, 0.2) is 0 Å². The molecular formula is C6H12O3S. The third-order valence-corrected chi connectivity index (χ3v) is 4.27. The zero-order chi connectivity index (χ0) is 7.99. The molecule has 1 fully saturated rings. The van der Waals surface area contributed by atoms with Gasteiger partial charge < -0.3 is 5.11 Å². The van der Waals surface area contributed by atoms with Gasteiger partial charge in [-0.2, -0.15) is 0 Å². The lowest BCUT2D eigenvalue weighted by Crippen LogP contribution is -2.24. The van der Waals surface area contributed by atoms with Crippen molar-refractivity contribution in [1.29, 1.82) is 0 Å². The minimum Gasteiger partial charge on any atom is -0.389 e. The molecule has 0 saturated carbocycles. The number of hydrogen-bond donors (Lipinski definition) is 1. The van der Waals surface area contributed by atoms with Gasteiger partial charge in [0.05, 0.1) is 16.6 Å². The second-order valence-corrected chi connectivity index (χ2v) is 5.74. The SMILES string of the molecule is C[C@@H]1C[C@@](C)(O)CS1(=O)=O. The van der Waals surface area contributed by atoms with Crippen molar-refractivity contribution >= 4 is 9.84 Å². The van der Waals surface area contributed by atoms with E-state index in [0.717, 1.165) is 0 Å².